The summed E-state index contributed by atoms with van der Waals surface area (Å²) in [5.74, 6) is 0. The van der Waals surface area contributed by atoms with Crippen molar-refractivity contribution in [2.75, 3.05) is 4.90 Å². The van der Waals surface area contributed by atoms with Crippen molar-refractivity contribution in [2.24, 2.45) is 4.40 Å². The Morgan fingerprint density at radius 3 is 1.45 bits per heavy atom. The van der Waals surface area contributed by atoms with Gasteiger partial charge in [-0.25, -0.2) is 4.40 Å². The number of nitrogens with zero attached hydrogens (tertiary/aromatic N) is 3. The second kappa shape index (κ2) is 17.8. The topological polar surface area (TPSA) is 44.4 Å². The molecule has 0 unspecified atom stereocenters. The normalized spacial score (nSPS) is 13.8. The average molecular weight is 961 g/mol. The molecule has 1 aromatic heterocycles. The van der Waals surface area contributed by atoms with E-state index in [4.69, 9.17) is 0 Å². The lowest BCUT2D eigenvalue weighted by Gasteiger charge is -2.31. The standard InChI is InChI=1S/C60H38F6N4S/c61-59(62,63)44-24-14-38(15-25-44)41-18-28-46(29-19-41)69(47-30-20-42(21-31-47)39-16-26-45(27-17-39)60(64,65)66)54-35-34-50(57(68-71)56(54)67)52-36-43-10-4-5-11-49(43)55-51-12-6-7-13-53(51)70(58(52)55)48-32-22-40(23-33-48)37-8-2-1-3-9-37/h1-36,67,71H. The Bertz CT molecular complexity index is 3660. The van der Waals surface area contributed by atoms with Crippen molar-refractivity contribution in [1.82, 2.24) is 4.57 Å². The van der Waals surface area contributed by atoms with Gasteiger partial charge >= 0.3 is 12.4 Å². The molecule has 0 atom stereocenters. The Morgan fingerprint density at radius 2 is 0.930 bits per heavy atom. The third-order valence-electron chi connectivity index (χ3n) is 13.0. The summed E-state index contributed by atoms with van der Waals surface area (Å²) in [6.45, 7) is 0. The van der Waals surface area contributed by atoms with Gasteiger partial charge in [0.05, 0.1) is 27.9 Å². The van der Waals surface area contributed by atoms with E-state index < -0.39 is 23.5 Å². The van der Waals surface area contributed by atoms with Gasteiger partial charge in [-0.2, -0.15) is 26.3 Å². The zero-order valence-corrected chi connectivity index (χ0v) is 38.2. The quantitative estimate of drug-likeness (QED) is 0.0890. The first kappa shape index (κ1) is 45.1. The number of anilines is 2. The summed E-state index contributed by atoms with van der Waals surface area (Å²) in [5, 5.41) is 14.2. The molecule has 1 N–H and O–H groups in total. The van der Waals surface area contributed by atoms with Gasteiger partial charge in [-0.1, -0.05) is 133 Å². The van der Waals surface area contributed by atoms with E-state index in [0.29, 0.717) is 50.6 Å². The number of para-hydroxylation sites is 1. The summed E-state index contributed by atoms with van der Waals surface area (Å²) in [7, 11) is 0. The number of fused-ring (bicyclic) bond motifs is 5. The number of alkyl halides is 6. The van der Waals surface area contributed by atoms with Crippen LogP contribution in [0.2, 0.25) is 0 Å². The number of hydrogen-bond donors (Lipinski definition) is 2. The number of benzene rings is 9. The van der Waals surface area contributed by atoms with Crippen molar-refractivity contribution in [1.29, 1.82) is 5.41 Å². The minimum atomic E-state index is -4.47. The maximum atomic E-state index is 13.4. The SMILES string of the molecule is N=C1C(N(c2ccc(-c3ccc(C(F)(F)F)cc3)cc2)c2ccc(-c3ccc(C(F)(F)F)cc3)cc2)=CC=C(c2cc3ccccc3c3c4ccccc4n(-c4ccc(-c5ccccc5)cc4)c23)C1=NS. The van der Waals surface area contributed by atoms with Crippen LogP contribution in [0, 0.1) is 5.41 Å². The average Bonchev–Trinajstić information content (AvgIpc) is 3.75. The summed E-state index contributed by atoms with van der Waals surface area (Å²) < 4.78 is 87.4. The molecule has 0 bridgehead atoms. The third-order valence-corrected chi connectivity index (χ3v) is 13.2. The van der Waals surface area contributed by atoms with Crippen molar-refractivity contribution in [2.45, 2.75) is 12.4 Å². The predicted molar refractivity (Wildman–Crippen MR) is 280 cm³/mol. The molecule has 11 rings (SSSR count). The maximum absolute atomic E-state index is 13.4. The lowest BCUT2D eigenvalue weighted by Crippen LogP contribution is -2.30. The molecule has 0 amide bonds. The van der Waals surface area contributed by atoms with Crippen molar-refractivity contribution >= 4 is 73.8 Å². The minimum Gasteiger partial charge on any atom is -0.309 e. The molecule has 4 nitrogen and oxygen atoms in total. The molecule has 0 saturated carbocycles. The number of thiol groups is 1. The van der Waals surface area contributed by atoms with Crippen LogP contribution < -0.4 is 4.90 Å². The Balaban J connectivity index is 1.07. The maximum Gasteiger partial charge on any atom is 0.416 e. The number of rotatable bonds is 8. The number of hydrogen-bond acceptors (Lipinski definition) is 4. The first-order valence-corrected chi connectivity index (χ1v) is 23.0. The van der Waals surface area contributed by atoms with Gasteiger partial charge in [0.25, 0.3) is 0 Å². The molecular formula is C60H38F6N4S. The van der Waals surface area contributed by atoms with Crippen LogP contribution in [-0.2, 0) is 12.4 Å². The van der Waals surface area contributed by atoms with Gasteiger partial charge in [0.1, 0.15) is 11.4 Å². The van der Waals surface area contributed by atoms with E-state index in [1.165, 1.54) is 24.3 Å². The summed E-state index contributed by atoms with van der Waals surface area (Å²) >= 11 is 4.55. The van der Waals surface area contributed by atoms with Gasteiger partial charge in [-0.05, 0) is 142 Å². The van der Waals surface area contributed by atoms with E-state index >= 15 is 0 Å². The van der Waals surface area contributed by atoms with Gasteiger partial charge in [0.2, 0.25) is 0 Å². The van der Waals surface area contributed by atoms with Crippen LogP contribution in [0.3, 0.4) is 0 Å². The molecule has 0 saturated heterocycles. The van der Waals surface area contributed by atoms with Crippen LogP contribution in [0.1, 0.15) is 16.7 Å². The van der Waals surface area contributed by atoms with Crippen LogP contribution in [0.15, 0.2) is 229 Å². The van der Waals surface area contributed by atoms with Gasteiger partial charge in [0.15, 0.2) is 0 Å². The van der Waals surface area contributed by atoms with Crippen molar-refractivity contribution in [3.05, 3.63) is 241 Å². The van der Waals surface area contributed by atoms with Crippen molar-refractivity contribution < 1.29 is 26.3 Å². The molecule has 1 heterocycles. The second-order valence-electron chi connectivity index (χ2n) is 17.2. The van der Waals surface area contributed by atoms with E-state index in [1.54, 1.807) is 24.3 Å². The highest BCUT2D eigenvalue weighted by Gasteiger charge is 2.32. The summed E-state index contributed by atoms with van der Waals surface area (Å²) in [4.78, 5) is 1.88. The largest absolute Gasteiger partial charge is 0.416 e. The monoisotopic (exact) mass is 960 g/mol. The first-order chi connectivity index (χ1) is 34.4. The van der Waals surface area contributed by atoms with E-state index in [9.17, 15) is 31.8 Å². The summed E-state index contributed by atoms with van der Waals surface area (Å²) in [5.41, 5.74) is 9.69. The van der Waals surface area contributed by atoms with Crippen LogP contribution in [-0.4, -0.2) is 16.0 Å². The molecule has 71 heavy (non-hydrogen) atoms. The molecule has 1 aliphatic carbocycles. The van der Waals surface area contributed by atoms with Gasteiger partial charge in [-0.3, -0.25) is 5.41 Å². The summed E-state index contributed by atoms with van der Waals surface area (Å²) in [6.07, 6.45) is -5.12. The van der Waals surface area contributed by atoms with E-state index in [0.717, 1.165) is 79.2 Å². The lowest BCUT2D eigenvalue weighted by molar-refractivity contribution is -0.138. The Kier molecular flexibility index (Phi) is 11.3. The van der Waals surface area contributed by atoms with Crippen LogP contribution in [0.5, 0.6) is 0 Å². The molecule has 1 aliphatic rings. The van der Waals surface area contributed by atoms with Crippen molar-refractivity contribution in [3.63, 3.8) is 0 Å². The lowest BCUT2D eigenvalue weighted by atomic mass is 9.88. The molecule has 0 spiro atoms. The third kappa shape index (κ3) is 8.27. The number of allylic oxidation sites excluding steroid dienone is 4. The minimum absolute atomic E-state index is 0.0623. The van der Waals surface area contributed by atoms with Gasteiger partial charge in [0, 0.05) is 39.0 Å². The van der Waals surface area contributed by atoms with Gasteiger partial charge < -0.3 is 9.47 Å². The second-order valence-corrected chi connectivity index (χ2v) is 17.4. The molecule has 11 heteroatoms. The molecule has 10 aromatic rings. The molecule has 0 radical (unpaired) electrons. The Hall–Kier alpha value is -8.41. The van der Waals surface area contributed by atoms with Crippen LogP contribution in [0.4, 0.5) is 37.7 Å². The van der Waals surface area contributed by atoms with E-state index in [-0.39, 0.29) is 5.71 Å². The zero-order valence-electron chi connectivity index (χ0n) is 37.3. The highest BCUT2D eigenvalue weighted by molar-refractivity contribution is 7.79. The molecule has 0 aliphatic heterocycles. The summed E-state index contributed by atoms with van der Waals surface area (Å²) in [6, 6.07) is 61.9. The fourth-order valence-corrected chi connectivity index (χ4v) is 9.78. The zero-order chi connectivity index (χ0) is 49.0. The molecule has 9 aromatic carbocycles. The molecular weight excluding hydrogens is 923 g/mol. The number of aromatic nitrogens is 1. The predicted octanol–water partition coefficient (Wildman–Crippen LogP) is 17.4. The van der Waals surface area contributed by atoms with Crippen LogP contribution >= 0.6 is 12.8 Å². The van der Waals surface area contributed by atoms with Gasteiger partial charge in [-0.15, -0.1) is 0 Å². The Morgan fingerprint density at radius 1 is 0.479 bits per heavy atom. The smallest absolute Gasteiger partial charge is 0.309 e. The first-order valence-electron chi connectivity index (χ1n) is 22.6. The fourth-order valence-electron chi connectivity index (χ4n) is 9.57. The van der Waals surface area contributed by atoms with Crippen molar-refractivity contribution in [3.8, 4) is 39.1 Å². The van der Waals surface area contributed by atoms with E-state index in [1.807, 2.05) is 83.8 Å². The number of halogens is 6. The molecule has 0 fully saturated rings. The highest BCUT2D eigenvalue weighted by Crippen LogP contribution is 2.44. The highest BCUT2D eigenvalue weighted by atomic mass is 32.1. The van der Waals surface area contributed by atoms with E-state index in [2.05, 4.69) is 88.5 Å². The fraction of sp³-hybridized carbons (Fsp3) is 0.0333. The van der Waals surface area contributed by atoms with Crippen LogP contribution in [0.25, 0.3) is 77.2 Å². The Labute approximate surface area is 409 Å². The molecule has 346 valence electrons. The number of nitrogens with one attached hydrogen (secondary N) is 1.